The number of carboxylic acids is 1. The minimum atomic E-state index is -0.940. The summed E-state index contributed by atoms with van der Waals surface area (Å²) in [7, 11) is 1.53. The number of pyridine rings is 2. The second-order valence-corrected chi connectivity index (χ2v) is 9.29. The van der Waals surface area contributed by atoms with Crippen molar-refractivity contribution >= 4 is 17.7 Å². The molecule has 8 heteroatoms. The number of nitrogens with zero attached hydrogens (tertiary/aromatic N) is 3. The van der Waals surface area contributed by atoms with Crippen molar-refractivity contribution in [2.24, 2.45) is 5.41 Å². The van der Waals surface area contributed by atoms with Gasteiger partial charge in [0.25, 0.3) is 0 Å². The number of β-lactam (4-membered cyclic amide) rings is 1. The summed E-state index contributed by atoms with van der Waals surface area (Å²) in [5.41, 5.74) is 2.64. The molecular formula is C25H32N4O4. The topological polar surface area (TPSA) is 105 Å². The van der Waals surface area contributed by atoms with Crippen LogP contribution in [0.25, 0.3) is 0 Å². The Kier molecular flexibility index (Phi) is 6.81. The van der Waals surface area contributed by atoms with Gasteiger partial charge in [0.1, 0.15) is 5.82 Å². The van der Waals surface area contributed by atoms with Crippen LogP contribution >= 0.6 is 0 Å². The van der Waals surface area contributed by atoms with E-state index in [1.165, 1.54) is 12.7 Å². The monoisotopic (exact) mass is 452 g/mol. The summed E-state index contributed by atoms with van der Waals surface area (Å²) in [6.07, 6.45) is 7.26. The fourth-order valence-corrected chi connectivity index (χ4v) is 4.82. The Morgan fingerprint density at radius 1 is 1.30 bits per heavy atom. The van der Waals surface area contributed by atoms with Crippen LogP contribution in [0.2, 0.25) is 0 Å². The van der Waals surface area contributed by atoms with Crippen LogP contribution in [0.5, 0.6) is 5.88 Å². The number of hydrogen-bond acceptors (Lipinski definition) is 6. The summed E-state index contributed by atoms with van der Waals surface area (Å²) >= 11 is 0. The van der Waals surface area contributed by atoms with Gasteiger partial charge < -0.3 is 20.1 Å². The van der Waals surface area contributed by atoms with Crippen molar-refractivity contribution in [3.8, 4) is 5.88 Å². The van der Waals surface area contributed by atoms with Gasteiger partial charge in [0.15, 0.2) is 0 Å². The average molecular weight is 453 g/mol. The zero-order chi connectivity index (χ0) is 23.4. The molecule has 0 spiro atoms. The van der Waals surface area contributed by atoms with Crippen molar-refractivity contribution in [3.63, 3.8) is 0 Å². The van der Waals surface area contributed by atoms with Gasteiger partial charge in [0, 0.05) is 31.0 Å². The van der Waals surface area contributed by atoms with E-state index in [1.54, 1.807) is 23.2 Å². The number of anilines is 1. The molecule has 2 aliphatic heterocycles. The summed E-state index contributed by atoms with van der Waals surface area (Å²) < 4.78 is 5.08. The average Bonchev–Trinajstić information content (AvgIpc) is 2.83. The van der Waals surface area contributed by atoms with Crippen molar-refractivity contribution in [1.29, 1.82) is 0 Å². The number of carbonyl (C=O) groups excluding carboxylic acids is 1. The van der Waals surface area contributed by atoms with Gasteiger partial charge in [-0.2, -0.15) is 0 Å². The lowest BCUT2D eigenvalue weighted by Crippen LogP contribution is -2.61. The molecule has 0 unspecified atom stereocenters. The summed E-state index contributed by atoms with van der Waals surface area (Å²) in [5, 5.41) is 12.8. The van der Waals surface area contributed by atoms with E-state index in [0.29, 0.717) is 18.0 Å². The summed E-state index contributed by atoms with van der Waals surface area (Å²) in [6.45, 7) is 3.52. The second-order valence-electron chi connectivity index (χ2n) is 9.29. The molecule has 1 saturated heterocycles. The number of carbonyl (C=O) groups is 2. The molecule has 4 rings (SSSR count). The van der Waals surface area contributed by atoms with E-state index < -0.39 is 17.4 Å². The van der Waals surface area contributed by atoms with Crippen molar-refractivity contribution in [2.45, 2.75) is 57.9 Å². The third-order valence-electron chi connectivity index (χ3n) is 6.76. The van der Waals surface area contributed by atoms with Crippen molar-refractivity contribution < 1.29 is 19.4 Å². The van der Waals surface area contributed by atoms with Gasteiger partial charge in [-0.05, 0) is 56.2 Å². The maximum atomic E-state index is 13.1. The Bertz CT molecular complexity index is 1010. The minimum absolute atomic E-state index is 0.0145. The highest BCUT2D eigenvalue weighted by Crippen LogP contribution is 2.43. The first kappa shape index (κ1) is 23.0. The fourth-order valence-electron chi connectivity index (χ4n) is 4.82. The minimum Gasteiger partial charge on any atom is -0.481 e. The first-order valence-corrected chi connectivity index (χ1v) is 11.6. The number of rotatable bonds is 10. The van der Waals surface area contributed by atoms with E-state index in [-0.39, 0.29) is 12.3 Å². The standard InChI is InChI=1S/C25H32N4O4/c1-25(12-4-3-7-19-10-8-17-6-5-13-26-23(17)28-19)16-29(24(25)32)20(14-22(30)31)18-9-11-21(33-2)27-15-18/h8-11,15,20H,3-7,12-14,16H2,1-2H3,(H,26,28)(H,30,31)/t20-,25+/m0/s1. The van der Waals surface area contributed by atoms with Gasteiger partial charge in [-0.3, -0.25) is 9.59 Å². The lowest BCUT2D eigenvalue weighted by Gasteiger charge is -2.50. The molecule has 2 aromatic heterocycles. The van der Waals surface area contributed by atoms with E-state index in [4.69, 9.17) is 9.72 Å². The van der Waals surface area contributed by atoms with E-state index in [2.05, 4.69) is 22.4 Å². The van der Waals surface area contributed by atoms with Crippen LogP contribution in [0.15, 0.2) is 30.5 Å². The normalized spacial score (nSPS) is 20.4. The van der Waals surface area contributed by atoms with Crippen molar-refractivity contribution in [2.75, 3.05) is 25.5 Å². The molecule has 1 amide bonds. The van der Waals surface area contributed by atoms with Gasteiger partial charge in [-0.1, -0.05) is 18.6 Å². The number of likely N-dealkylation sites (tertiary alicyclic amines) is 1. The van der Waals surface area contributed by atoms with Gasteiger partial charge in [-0.25, -0.2) is 9.97 Å². The highest BCUT2D eigenvalue weighted by molar-refractivity contribution is 5.89. The quantitative estimate of drug-likeness (QED) is 0.419. The van der Waals surface area contributed by atoms with E-state index >= 15 is 0 Å². The van der Waals surface area contributed by atoms with E-state index in [9.17, 15) is 14.7 Å². The number of ether oxygens (including phenoxy) is 1. The second kappa shape index (κ2) is 9.77. The van der Waals surface area contributed by atoms with Crippen LogP contribution in [0.1, 0.15) is 61.9 Å². The van der Waals surface area contributed by atoms with Crippen molar-refractivity contribution in [1.82, 2.24) is 14.9 Å². The molecular weight excluding hydrogens is 420 g/mol. The molecule has 2 aromatic rings. The molecule has 2 atom stereocenters. The van der Waals surface area contributed by atoms with Gasteiger partial charge in [0.05, 0.1) is 25.0 Å². The molecule has 0 radical (unpaired) electrons. The number of amides is 1. The number of aromatic nitrogens is 2. The number of nitrogens with one attached hydrogen (secondary N) is 1. The van der Waals surface area contributed by atoms with Crippen LogP contribution < -0.4 is 10.1 Å². The maximum absolute atomic E-state index is 13.1. The predicted molar refractivity (Wildman–Crippen MR) is 124 cm³/mol. The number of aliphatic carboxylic acids is 1. The molecule has 0 saturated carbocycles. The Morgan fingerprint density at radius 3 is 2.85 bits per heavy atom. The highest BCUT2D eigenvalue weighted by Gasteiger charge is 2.50. The third-order valence-corrected chi connectivity index (χ3v) is 6.76. The highest BCUT2D eigenvalue weighted by atomic mass is 16.5. The molecule has 0 aromatic carbocycles. The SMILES string of the molecule is COc1ccc([C@H](CC(=O)O)N2C[C@@](C)(CCCCc3ccc4c(n3)NCCC4)C2=O)cn1. The van der Waals surface area contributed by atoms with Crippen LogP contribution in [0.4, 0.5) is 5.82 Å². The maximum Gasteiger partial charge on any atom is 0.305 e. The van der Waals surface area contributed by atoms with Gasteiger partial charge in [-0.15, -0.1) is 0 Å². The molecule has 33 heavy (non-hydrogen) atoms. The number of unbranched alkanes of at least 4 members (excludes halogenated alkanes) is 1. The van der Waals surface area contributed by atoms with Gasteiger partial charge >= 0.3 is 5.97 Å². The molecule has 2 N–H and O–H groups in total. The third kappa shape index (κ3) is 5.10. The Morgan fingerprint density at radius 2 is 2.15 bits per heavy atom. The van der Waals surface area contributed by atoms with Crippen LogP contribution in [-0.2, 0) is 22.4 Å². The van der Waals surface area contributed by atoms with Crippen LogP contribution in [-0.4, -0.2) is 52.1 Å². The number of carboxylic acid groups (broad SMARTS) is 1. The Hall–Kier alpha value is -3.16. The molecule has 4 heterocycles. The first-order valence-electron chi connectivity index (χ1n) is 11.6. The van der Waals surface area contributed by atoms with E-state index in [1.807, 2.05) is 6.92 Å². The zero-order valence-corrected chi connectivity index (χ0v) is 19.3. The predicted octanol–water partition coefficient (Wildman–Crippen LogP) is 3.62. The molecule has 0 bridgehead atoms. The lowest BCUT2D eigenvalue weighted by molar-refractivity contribution is -0.165. The van der Waals surface area contributed by atoms with Crippen LogP contribution in [0, 0.1) is 5.41 Å². The largest absolute Gasteiger partial charge is 0.481 e. The molecule has 176 valence electrons. The lowest BCUT2D eigenvalue weighted by atomic mass is 9.74. The summed E-state index contributed by atoms with van der Waals surface area (Å²) in [6, 6.07) is 7.24. The molecule has 8 nitrogen and oxygen atoms in total. The number of methoxy groups -OCH3 is 1. The molecule has 2 aliphatic rings. The Labute approximate surface area is 194 Å². The summed E-state index contributed by atoms with van der Waals surface area (Å²) in [4.78, 5) is 35.2. The number of hydrogen-bond donors (Lipinski definition) is 2. The van der Waals surface area contributed by atoms with Crippen LogP contribution in [0.3, 0.4) is 0 Å². The number of aryl methyl sites for hydroxylation is 2. The summed E-state index contributed by atoms with van der Waals surface area (Å²) in [5.74, 6) is 0.551. The fraction of sp³-hybridized carbons (Fsp3) is 0.520. The number of fused-ring (bicyclic) bond motifs is 1. The first-order chi connectivity index (χ1) is 15.9. The molecule has 0 aliphatic carbocycles. The smallest absolute Gasteiger partial charge is 0.305 e. The van der Waals surface area contributed by atoms with Crippen molar-refractivity contribution in [3.05, 3.63) is 47.3 Å². The van der Waals surface area contributed by atoms with E-state index in [0.717, 1.165) is 56.6 Å². The Balaban J connectivity index is 1.31. The molecule has 1 fully saturated rings. The van der Waals surface area contributed by atoms with Gasteiger partial charge in [0.2, 0.25) is 11.8 Å². The zero-order valence-electron chi connectivity index (χ0n) is 19.3.